The van der Waals surface area contributed by atoms with E-state index in [1.54, 1.807) is 4.90 Å². The molecule has 0 fully saturated rings. The van der Waals surface area contributed by atoms with Crippen molar-refractivity contribution in [1.82, 2.24) is 19.7 Å². The van der Waals surface area contributed by atoms with Crippen LogP contribution in [-0.2, 0) is 28.8 Å². The summed E-state index contributed by atoms with van der Waals surface area (Å²) >= 11 is 0. The molecule has 0 saturated carbocycles. The van der Waals surface area contributed by atoms with Gasteiger partial charge in [-0.15, -0.1) is 6.42 Å². The fourth-order valence-corrected chi connectivity index (χ4v) is 5.08. The lowest BCUT2D eigenvalue weighted by Crippen LogP contribution is -2.44. The van der Waals surface area contributed by atoms with Crippen molar-refractivity contribution < 1.29 is 31.4 Å². The molecular weight excluding hydrogens is 560 g/mol. The van der Waals surface area contributed by atoms with Gasteiger partial charge in [-0.3, -0.25) is 15.0 Å². The molecule has 41 heavy (non-hydrogen) atoms. The Morgan fingerprint density at radius 3 is 2.41 bits per heavy atom. The highest BCUT2D eigenvalue weighted by molar-refractivity contribution is 7.87. The molecule has 0 aliphatic carbocycles. The summed E-state index contributed by atoms with van der Waals surface area (Å²) in [4.78, 5) is 15.5. The first-order valence-electron chi connectivity index (χ1n) is 11.9. The average Bonchev–Trinajstić information content (AvgIpc) is 3.41. The van der Waals surface area contributed by atoms with Crippen molar-refractivity contribution in [3.05, 3.63) is 112 Å². The molecule has 0 radical (unpaired) electrons. The second-order valence-electron chi connectivity index (χ2n) is 9.03. The Morgan fingerprint density at radius 1 is 1.12 bits per heavy atom. The number of benzene rings is 3. The van der Waals surface area contributed by atoms with Crippen molar-refractivity contribution in [1.29, 1.82) is 0 Å². The van der Waals surface area contributed by atoms with Crippen LogP contribution < -0.4 is 4.18 Å². The van der Waals surface area contributed by atoms with Crippen molar-refractivity contribution >= 4 is 15.8 Å². The lowest BCUT2D eigenvalue weighted by Gasteiger charge is -2.34. The Kier molecular flexibility index (Phi) is 8.72. The zero-order valence-corrected chi connectivity index (χ0v) is 22.1. The molecule has 1 N–H and O–H groups in total. The van der Waals surface area contributed by atoms with Gasteiger partial charge in [0.2, 0.25) is 0 Å². The van der Waals surface area contributed by atoms with Crippen molar-refractivity contribution in [3.63, 3.8) is 0 Å². The van der Waals surface area contributed by atoms with Gasteiger partial charge in [0.05, 0.1) is 18.0 Å². The monoisotopic (exact) mass is 583 g/mol. The maximum Gasteiger partial charge on any atom is 0.339 e. The van der Waals surface area contributed by atoms with Crippen LogP contribution in [0.1, 0.15) is 11.1 Å². The van der Waals surface area contributed by atoms with E-state index in [9.17, 15) is 32.4 Å². The van der Waals surface area contributed by atoms with Crippen LogP contribution in [0.2, 0.25) is 0 Å². The molecule has 0 aliphatic rings. The van der Waals surface area contributed by atoms with E-state index in [2.05, 4.69) is 16.0 Å². The van der Waals surface area contributed by atoms with Gasteiger partial charge in [0.25, 0.3) is 5.69 Å². The quantitative estimate of drug-likeness (QED) is 0.115. The van der Waals surface area contributed by atoms with Crippen molar-refractivity contribution in [3.8, 4) is 18.1 Å². The second kappa shape index (κ2) is 12.2. The summed E-state index contributed by atoms with van der Waals surface area (Å²) in [5.74, 6) is 0.638. The first kappa shape index (κ1) is 29.3. The minimum Gasteiger partial charge on any atom is -0.382 e. The number of non-ortho nitro benzene ring substituents is 1. The Labute approximate surface area is 233 Å². The number of nitrogens with zero attached hydrogens (tertiary/aromatic N) is 5. The van der Waals surface area contributed by atoms with Gasteiger partial charge < -0.3 is 9.29 Å². The van der Waals surface area contributed by atoms with E-state index in [-0.39, 0.29) is 48.1 Å². The summed E-state index contributed by atoms with van der Waals surface area (Å²) < 4.78 is 60.2. The standard InChI is InChI=1S/C27H23F2N5O6S/c1-2-13-32(16-27(35,17-33-19-30-18-31-33)25-12-5-21(28)14-26(25)29)15-20-3-10-24(11-4-20)41(38,39)40-23-8-6-22(7-9-23)34(36)37/h1,3-12,14,18-19,35H,13,15-17H2. The first-order valence-corrected chi connectivity index (χ1v) is 13.3. The van der Waals surface area contributed by atoms with E-state index >= 15 is 0 Å². The predicted molar refractivity (Wildman–Crippen MR) is 142 cm³/mol. The highest BCUT2D eigenvalue weighted by Crippen LogP contribution is 2.29. The van der Waals surface area contributed by atoms with Crippen molar-refractivity contribution in [2.24, 2.45) is 0 Å². The van der Waals surface area contributed by atoms with Gasteiger partial charge in [0.1, 0.15) is 40.5 Å². The predicted octanol–water partition coefficient (Wildman–Crippen LogP) is 3.26. The summed E-state index contributed by atoms with van der Waals surface area (Å²) in [6, 6.07) is 13.1. The Morgan fingerprint density at radius 2 is 1.83 bits per heavy atom. The summed E-state index contributed by atoms with van der Waals surface area (Å²) in [5.41, 5.74) is -1.67. The van der Waals surface area contributed by atoms with Crippen LogP contribution in [0.15, 0.2) is 84.3 Å². The summed E-state index contributed by atoms with van der Waals surface area (Å²) in [6.45, 7) is -0.237. The van der Waals surface area contributed by atoms with Gasteiger partial charge in [-0.05, 0) is 35.9 Å². The van der Waals surface area contributed by atoms with Crippen LogP contribution in [0.4, 0.5) is 14.5 Å². The highest BCUT2D eigenvalue weighted by atomic mass is 32.2. The van der Waals surface area contributed by atoms with Crippen LogP contribution in [0, 0.1) is 34.1 Å². The zero-order valence-electron chi connectivity index (χ0n) is 21.3. The van der Waals surface area contributed by atoms with Gasteiger partial charge >= 0.3 is 10.1 Å². The number of rotatable bonds is 12. The largest absolute Gasteiger partial charge is 0.382 e. The van der Waals surface area contributed by atoms with Crippen LogP contribution in [-0.4, -0.2) is 51.2 Å². The van der Waals surface area contributed by atoms with Gasteiger partial charge in [-0.2, -0.15) is 13.5 Å². The molecule has 0 aliphatic heterocycles. The molecule has 0 saturated heterocycles. The van der Waals surface area contributed by atoms with Crippen molar-refractivity contribution in [2.45, 2.75) is 23.6 Å². The molecule has 0 amide bonds. The normalized spacial score (nSPS) is 13.0. The van der Waals surface area contributed by atoms with Crippen LogP contribution >= 0.6 is 0 Å². The van der Waals surface area contributed by atoms with Gasteiger partial charge in [-0.25, -0.2) is 18.4 Å². The van der Waals surface area contributed by atoms with E-state index < -0.39 is 32.3 Å². The summed E-state index contributed by atoms with van der Waals surface area (Å²) in [6.07, 6.45) is 8.14. The third-order valence-electron chi connectivity index (χ3n) is 5.99. The summed E-state index contributed by atoms with van der Waals surface area (Å²) in [7, 11) is -4.25. The maximum atomic E-state index is 14.8. The third kappa shape index (κ3) is 7.28. The first-order chi connectivity index (χ1) is 19.5. The number of halogens is 2. The van der Waals surface area contributed by atoms with Crippen molar-refractivity contribution in [2.75, 3.05) is 13.1 Å². The number of aromatic nitrogens is 3. The van der Waals surface area contributed by atoms with E-state index in [1.165, 1.54) is 53.7 Å². The summed E-state index contributed by atoms with van der Waals surface area (Å²) in [5, 5.41) is 26.4. The Hall–Kier alpha value is -4.71. The zero-order chi connectivity index (χ0) is 29.6. The van der Waals surface area contributed by atoms with E-state index in [0.717, 1.165) is 24.3 Å². The molecule has 1 aromatic heterocycles. The van der Waals surface area contributed by atoms with Crippen LogP contribution in [0.3, 0.4) is 0 Å². The maximum absolute atomic E-state index is 14.8. The topological polar surface area (TPSA) is 141 Å². The molecule has 3 aromatic carbocycles. The molecule has 4 aromatic rings. The van der Waals surface area contributed by atoms with E-state index in [0.29, 0.717) is 11.6 Å². The molecule has 4 rings (SSSR count). The number of terminal acetylenes is 1. The third-order valence-corrected chi connectivity index (χ3v) is 7.26. The lowest BCUT2D eigenvalue weighted by molar-refractivity contribution is -0.384. The van der Waals surface area contributed by atoms with E-state index in [4.69, 9.17) is 10.6 Å². The Balaban J connectivity index is 1.53. The minimum absolute atomic E-state index is 0.0335. The number of nitro groups is 1. The fourth-order valence-electron chi connectivity index (χ4n) is 4.15. The molecule has 1 heterocycles. The molecule has 11 nitrogen and oxygen atoms in total. The molecule has 212 valence electrons. The van der Waals surface area contributed by atoms with Gasteiger partial charge in [0, 0.05) is 36.9 Å². The SMILES string of the molecule is C#CCN(Cc1ccc(S(=O)(=O)Oc2ccc([N+](=O)[O-])cc2)cc1)CC(O)(Cn1cncn1)c1ccc(F)cc1F. The van der Waals surface area contributed by atoms with Crippen LogP contribution in [0.25, 0.3) is 0 Å². The minimum atomic E-state index is -4.25. The molecule has 14 heteroatoms. The van der Waals surface area contributed by atoms with Crippen LogP contribution in [0.5, 0.6) is 5.75 Å². The number of hydrogen-bond acceptors (Lipinski definition) is 9. The molecular formula is C27H23F2N5O6S. The number of nitro benzene ring substituents is 1. The smallest absolute Gasteiger partial charge is 0.339 e. The lowest BCUT2D eigenvalue weighted by atomic mass is 9.92. The number of hydrogen-bond donors (Lipinski definition) is 1. The van der Waals surface area contributed by atoms with Gasteiger partial charge in [0.15, 0.2) is 0 Å². The molecule has 1 atom stereocenters. The molecule has 1 unspecified atom stereocenters. The van der Waals surface area contributed by atoms with E-state index in [1.807, 2.05) is 0 Å². The molecule has 0 spiro atoms. The van der Waals surface area contributed by atoms with Gasteiger partial charge in [-0.1, -0.05) is 24.1 Å². The Bertz CT molecular complexity index is 1660. The highest BCUT2D eigenvalue weighted by Gasteiger charge is 2.35. The molecule has 0 bridgehead atoms. The average molecular weight is 584 g/mol. The second-order valence-corrected chi connectivity index (χ2v) is 10.6. The number of aliphatic hydroxyl groups is 1. The fraction of sp³-hybridized carbons (Fsp3) is 0.185.